The van der Waals surface area contributed by atoms with Crippen LogP contribution in [0.15, 0.2) is 48.5 Å². The van der Waals surface area contributed by atoms with Crippen molar-refractivity contribution in [2.75, 3.05) is 7.11 Å². The van der Waals surface area contributed by atoms with E-state index >= 15 is 0 Å². The Balaban J connectivity index is 2.50. The zero-order valence-corrected chi connectivity index (χ0v) is 11.1. The summed E-state index contributed by atoms with van der Waals surface area (Å²) in [5.74, 6) is 0.822. The summed E-state index contributed by atoms with van der Waals surface area (Å²) in [6.07, 6.45) is 0. The van der Waals surface area contributed by atoms with Crippen molar-refractivity contribution in [3.63, 3.8) is 0 Å². The number of hydrogen-bond acceptors (Lipinski definition) is 2. The van der Waals surface area contributed by atoms with Crippen LogP contribution in [0.4, 0.5) is 0 Å². The monoisotopic (exact) mass is 241 g/mol. The minimum Gasteiger partial charge on any atom is -0.496 e. The minimum atomic E-state index is -0.555. The SMILES string of the molecule is COc1ccccc1C(C)(N)c1ccc(C)cc1. The molecule has 0 heterocycles. The number of nitrogens with two attached hydrogens (primary N) is 1. The van der Waals surface area contributed by atoms with Gasteiger partial charge in [0.05, 0.1) is 12.6 Å². The van der Waals surface area contributed by atoms with Crippen molar-refractivity contribution in [3.8, 4) is 5.75 Å². The van der Waals surface area contributed by atoms with Crippen LogP contribution in [0.25, 0.3) is 0 Å². The Hall–Kier alpha value is -1.80. The molecular formula is C16H19NO. The predicted octanol–water partition coefficient (Wildman–Crippen LogP) is 3.23. The Morgan fingerprint density at radius 2 is 1.61 bits per heavy atom. The number of rotatable bonds is 3. The van der Waals surface area contributed by atoms with Gasteiger partial charge in [-0.2, -0.15) is 0 Å². The van der Waals surface area contributed by atoms with E-state index < -0.39 is 5.54 Å². The summed E-state index contributed by atoms with van der Waals surface area (Å²) in [6.45, 7) is 4.08. The fourth-order valence-corrected chi connectivity index (χ4v) is 2.13. The van der Waals surface area contributed by atoms with Gasteiger partial charge in [-0.15, -0.1) is 0 Å². The molecule has 18 heavy (non-hydrogen) atoms. The van der Waals surface area contributed by atoms with Crippen LogP contribution in [0, 0.1) is 6.92 Å². The average Bonchev–Trinajstić information content (AvgIpc) is 2.39. The summed E-state index contributed by atoms with van der Waals surface area (Å²) < 4.78 is 5.40. The number of methoxy groups -OCH3 is 1. The van der Waals surface area contributed by atoms with Crippen molar-refractivity contribution < 1.29 is 4.74 Å². The third kappa shape index (κ3) is 2.24. The first-order valence-corrected chi connectivity index (χ1v) is 6.05. The van der Waals surface area contributed by atoms with Gasteiger partial charge in [-0.25, -0.2) is 0 Å². The highest BCUT2D eigenvalue weighted by atomic mass is 16.5. The van der Waals surface area contributed by atoms with Crippen LogP contribution in [0.5, 0.6) is 5.75 Å². The third-order valence-electron chi connectivity index (χ3n) is 3.32. The second kappa shape index (κ2) is 4.83. The summed E-state index contributed by atoms with van der Waals surface area (Å²) in [7, 11) is 1.67. The molecule has 0 aromatic heterocycles. The zero-order chi connectivity index (χ0) is 13.2. The quantitative estimate of drug-likeness (QED) is 0.895. The largest absolute Gasteiger partial charge is 0.496 e. The van der Waals surface area contributed by atoms with E-state index in [4.69, 9.17) is 10.5 Å². The van der Waals surface area contributed by atoms with Crippen molar-refractivity contribution >= 4 is 0 Å². The molecular weight excluding hydrogens is 222 g/mol. The summed E-state index contributed by atoms with van der Waals surface area (Å²) in [4.78, 5) is 0. The maximum absolute atomic E-state index is 6.51. The molecule has 0 amide bonds. The average molecular weight is 241 g/mol. The summed E-state index contributed by atoms with van der Waals surface area (Å²) in [5.41, 5.74) is 9.26. The van der Waals surface area contributed by atoms with Gasteiger partial charge in [0.1, 0.15) is 5.75 Å². The van der Waals surface area contributed by atoms with Crippen molar-refractivity contribution in [1.29, 1.82) is 0 Å². The Kier molecular flexibility index (Phi) is 3.39. The van der Waals surface area contributed by atoms with E-state index in [1.165, 1.54) is 5.56 Å². The van der Waals surface area contributed by atoms with Crippen LogP contribution in [-0.4, -0.2) is 7.11 Å². The Morgan fingerprint density at radius 3 is 2.22 bits per heavy atom. The molecule has 2 aromatic carbocycles. The molecule has 0 saturated heterocycles. The first kappa shape index (κ1) is 12.7. The van der Waals surface area contributed by atoms with Crippen molar-refractivity contribution in [2.45, 2.75) is 19.4 Å². The maximum Gasteiger partial charge on any atom is 0.124 e. The standard InChI is InChI=1S/C16H19NO/c1-12-8-10-13(11-9-12)16(2,17)14-6-4-5-7-15(14)18-3/h4-11H,17H2,1-3H3. The van der Waals surface area contributed by atoms with Gasteiger partial charge in [-0.05, 0) is 25.5 Å². The van der Waals surface area contributed by atoms with Crippen LogP contribution >= 0.6 is 0 Å². The molecule has 2 aromatic rings. The molecule has 0 aliphatic heterocycles. The molecule has 0 spiro atoms. The molecule has 2 N–H and O–H groups in total. The van der Waals surface area contributed by atoms with Gasteiger partial charge in [0, 0.05) is 5.56 Å². The van der Waals surface area contributed by atoms with Gasteiger partial charge in [0.15, 0.2) is 0 Å². The fourth-order valence-electron chi connectivity index (χ4n) is 2.13. The van der Waals surface area contributed by atoms with E-state index in [1.807, 2.05) is 31.2 Å². The Labute approximate surface area is 108 Å². The summed E-state index contributed by atoms with van der Waals surface area (Å²) >= 11 is 0. The third-order valence-corrected chi connectivity index (χ3v) is 3.32. The smallest absolute Gasteiger partial charge is 0.124 e. The molecule has 2 nitrogen and oxygen atoms in total. The summed E-state index contributed by atoms with van der Waals surface area (Å²) in [6, 6.07) is 16.2. The number of hydrogen-bond donors (Lipinski definition) is 1. The highest BCUT2D eigenvalue weighted by Gasteiger charge is 2.26. The minimum absolute atomic E-state index is 0.555. The molecule has 2 heteroatoms. The highest BCUT2D eigenvalue weighted by molar-refractivity contribution is 5.45. The Morgan fingerprint density at radius 1 is 1.00 bits per heavy atom. The number of para-hydroxylation sites is 1. The maximum atomic E-state index is 6.51. The lowest BCUT2D eigenvalue weighted by Gasteiger charge is -2.27. The van der Waals surface area contributed by atoms with Gasteiger partial charge in [-0.1, -0.05) is 48.0 Å². The van der Waals surface area contributed by atoms with E-state index in [9.17, 15) is 0 Å². The van der Waals surface area contributed by atoms with Crippen molar-refractivity contribution in [2.24, 2.45) is 5.73 Å². The van der Waals surface area contributed by atoms with Gasteiger partial charge in [0.2, 0.25) is 0 Å². The lowest BCUT2D eigenvalue weighted by molar-refractivity contribution is 0.399. The Bertz CT molecular complexity index is 529. The molecule has 0 bridgehead atoms. The van der Waals surface area contributed by atoms with E-state index in [0.29, 0.717) is 0 Å². The first-order chi connectivity index (χ1) is 8.55. The van der Waals surface area contributed by atoms with Crippen molar-refractivity contribution in [1.82, 2.24) is 0 Å². The number of ether oxygens (including phenoxy) is 1. The molecule has 94 valence electrons. The van der Waals surface area contributed by atoms with E-state index in [0.717, 1.165) is 16.9 Å². The van der Waals surface area contributed by atoms with E-state index in [2.05, 4.69) is 31.2 Å². The first-order valence-electron chi connectivity index (χ1n) is 6.05. The van der Waals surface area contributed by atoms with Crippen LogP contribution < -0.4 is 10.5 Å². The van der Waals surface area contributed by atoms with Gasteiger partial charge in [-0.3, -0.25) is 0 Å². The van der Waals surface area contributed by atoms with Crippen molar-refractivity contribution in [3.05, 3.63) is 65.2 Å². The van der Waals surface area contributed by atoms with E-state index in [-0.39, 0.29) is 0 Å². The number of benzene rings is 2. The lowest BCUT2D eigenvalue weighted by Crippen LogP contribution is -2.34. The molecule has 0 fully saturated rings. The van der Waals surface area contributed by atoms with E-state index in [1.54, 1.807) is 7.11 Å². The summed E-state index contributed by atoms with van der Waals surface area (Å²) in [5, 5.41) is 0. The lowest BCUT2D eigenvalue weighted by atomic mass is 9.85. The van der Waals surface area contributed by atoms with Crippen LogP contribution in [0.2, 0.25) is 0 Å². The second-order valence-electron chi connectivity index (χ2n) is 4.77. The fraction of sp³-hybridized carbons (Fsp3) is 0.250. The zero-order valence-electron chi connectivity index (χ0n) is 11.1. The molecule has 0 radical (unpaired) electrons. The molecule has 0 saturated carbocycles. The molecule has 0 aliphatic rings. The van der Waals surface area contributed by atoms with Gasteiger partial charge < -0.3 is 10.5 Å². The molecule has 1 unspecified atom stereocenters. The van der Waals surface area contributed by atoms with Crippen LogP contribution in [-0.2, 0) is 5.54 Å². The van der Waals surface area contributed by atoms with Crippen LogP contribution in [0.1, 0.15) is 23.6 Å². The van der Waals surface area contributed by atoms with Gasteiger partial charge >= 0.3 is 0 Å². The molecule has 2 rings (SSSR count). The highest BCUT2D eigenvalue weighted by Crippen LogP contribution is 2.33. The second-order valence-corrected chi connectivity index (χ2v) is 4.77. The number of aryl methyl sites for hydroxylation is 1. The molecule has 1 atom stereocenters. The van der Waals surface area contributed by atoms with Crippen LogP contribution in [0.3, 0.4) is 0 Å². The predicted molar refractivity (Wildman–Crippen MR) is 74.8 cm³/mol. The molecule has 0 aliphatic carbocycles. The topological polar surface area (TPSA) is 35.2 Å². The normalized spacial score (nSPS) is 14.0. The van der Waals surface area contributed by atoms with Gasteiger partial charge in [0.25, 0.3) is 0 Å².